The molecule has 1 aromatic carbocycles. The number of hydrogen-bond acceptors (Lipinski definition) is 5. The van der Waals surface area contributed by atoms with Crippen LogP contribution in [0.15, 0.2) is 23.2 Å². The van der Waals surface area contributed by atoms with E-state index in [1.54, 1.807) is 7.05 Å². The number of nitrogens with one attached hydrogen (secondary N) is 2. The molecule has 184 valence electrons. The first-order valence-electron chi connectivity index (χ1n) is 12.0. The SMILES string of the molecule is CCOc1ccc(CCNC(=NC)NCCCc2nnc3n2CCCCC3)cc1OCC.I. The molecule has 1 aliphatic rings. The van der Waals surface area contributed by atoms with Crippen molar-refractivity contribution in [2.24, 2.45) is 4.99 Å². The Balaban J connectivity index is 0.00000385. The Kier molecular flexibility index (Phi) is 12.3. The number of aryl methyl sites for hydroxylation is 2. The maximum atomic E-state index is 5.72. The molecule has 33 heavy (non-hydrogen) atoms. The number of aromatic nitrogens is 3. The van der Waals surface area contributed by atoms with Gasteiger partial charge in [-0.05, 0) is 57.2 Å². The predicted molar refractivity (Wildman–Crippen MR) is 143 cm³/mol. The molecule has 0 saturated heterocycles. The van der Waals surface area contributed by atoms with Gasteiger partial charge in [0, 0.05) is 39.5 Å². The van der Waals surface area contributed by atoms with Gasteiger partial charge in [-0.15, -0.1) is 34.2 Å². The average Bonchev–Trinajstić information content (AvgIpc) is 3.03. The maximum absolute atomic E-state index is 5.72. The highest BCUT2D eigenvalue weighted by atomic mass is 127. The Morgan fingerprint density at radius 3 is 2.58 bits per heavy atom. The van der Waals surface area contributed by atoms with Crippen molar-refractivity contribution in [3.05, 3.63) is 35.4 Å². The van der Waals surface area contributed by atoms with Crippen LogP contribution in [-0.2, 0) is 25.8 Å². The highest BCUT2D eigenvalue weighted by molar-refractivity contribution is 14.0. The largest absolute Gasteiger partial charge is 0.490 e. The van der Waals surface area contributed by atoms with Crippen LogP contribution in [0.4, 0.5) is 0 Å². The summed E-state index contributed by atoms with van der Waals surface area (Å²) in [4.78, 5) is 4.34. The Morgan fingerprint density at radius 2 is 1.79 bits per heavy atom. The minimum absolute atomic E-state index is 0. The van der Waals surface area contributed by atoms with Crippen molar-refractivity contribution >= 4 is 29.9 Å². The van der Waals surface area contributed by atoms with Crippen molar-refractivity contribution in [3.63, 3.8) is 0 Å². The van der Waals surface area contributed by atoms with E-state index < -0.39 is 0 Å². The zero-order valence-corrected chi connectivity index (χ0v) is 22.6. The first-order chi connectivity index (χ1) is 15.7. The molecule has 2 heterocycles. The zero-order valence-electron chi connectivity index (χ0n) is 20.2. The minimum atomic E-state index is 0. The van der Waals surface area contributed by atoms with Gasteiger partial charge in [-0.25, -0.2) is 0 Å². The smallest absolute Gasteiger partial charge is 0.190 e. The fourth-order valence-electron chi connectivity index (χ4n) is 3.98. The Bertz CT molecular complexity index is 871. The summed E-state index contributed by atoms with van der Waals surface area (Å²) in [5, 5.41) is 15.6. The van der Waals surface area contributed by atoms with Crippen molar-refractivity contribution < 1.29 is 9.47 Å². The number of halogens is 1. The summed E-state index contributed by atoms with van der Waals surface area (Å²) in [6.45, 7) is 7.91. The van der Waals surface area contributed by atoms with Crippen molar-refractivity contribution in [2.45, 2.75) is 65.3 Å². The summed E-state index contributed by atoms with van der Waals surface area (Å²) in [5.74, 6) is 4.70. The van der Waals surface area contributed by atoms with Crippen molar-refractivity contribution in [1.82, 2.24) is 25.4 Å². The van der Waals surface area contributed by atoms with Crippen molar-refractivity contribution in [3.8, 4) is 11.5 Å². The maximum Gasteiger partial charge on any atom is 0.190 e. The van der Waals surface area contributed by atoms with Gasteiger partial charge in [0.2, 0.25) is 0 Å². The van der Waals surface area contributed by atoms with Crippen molar-refractivity contribution in [1.29, 1.82) is 0 Å². The Hall–Kier alpha value is -2.04. The van der Waals surface area contributed by atoms with Crippen LogP contribution in [0.1, 0.15) is 56.7 Å². The standard InChI is InChI=1S/C24H38N6O2.HI/c1-4-31-20-13-12-19(18-21(20)32-5-2)14-16-27-24(25-3)26-15-9-11-23-29-28-22-10-7-6-8-17-30(22)23;/h12-13,18H,4-11,14-17H2,1-3H3,(H2,25,26,27);1H. The number of benzene rings is 1. The summed E-state index contributed by atoms with van der Waals surface area (Å²) in [5.41, 5.74) is 1.20. The van der Waals surface area contributed by atoms with E-state index in [-0.39, 0.29) is 24.0 Å². The van der Waals surface area contributed by atoms with Gasteiger partial charge >= 0.3 is 0 Å². The lowest BCUT2D eigenvalue weighted by Gasteiger charge is -2.14. The van der Waals surface area contributed by atoms with Gasteiger partial charge in [0.1, 0.15) is 11.6 Å². The number of hydrogen-bond donors (Lipinski definition) is 2. The third kappa shape index (κ3) is 8.35. The molecule has 0 spiro atoms. The predicted octanol–water partition coefficient (Wildman–Crippen LogP) is 3.76. The molecule has 0 radical (unpaired) electrons. The van der Waals surface area contributed by atoms with E-state index in [0.717, 1.165) is 74.4 Å². The lowest BCUT2D eigenvalue weighted by atomic mass is 10.1. The third-order valence-electron chi connectivity index (χ3n) is 5.59. The normalized spacial score (nSPS) is 13.5. The fraction of sp³-hybridized carbons (Fsp3) is 0.625. The number of rotatable bonds is 11. The minimum Gasteiger partial charge on any atom is -0.490 e. The topological polar surface area (TPSA) is 85.6 Å². The Morgan fingerprint density at radius 1 is 1.00 bits per heavy atom. The molecule has 0 atom stereocenters. The third-order valence-corrected chi connectivity index (χ3v) is 5.59. The summed E-state index contributed by atoms with van der Waals surface area (Å²) in [6, 6.07) is 6.14. The lowest BCUT2D eigenvalue weighted by molar-refractivity contribution is 0.287. The van der Waals surface area contributed by atoms with Gasteiger partial charge in [0.15, 0.2) is 17.5 Å². The van der Waals surface area contributed by atoms with Gasteiger partial charge in [-0.1, -0.05) is 12.5 Å². The number of fused-ring (bicyclic) bond motifs is 1. The second-order valence-corrected chi connectivity index (χ2v) is 7.92. The highest BCUT2D eigenvalue weighted by Crippen LogP contribution is 2.28. The molecule has 1 aromatic heterocycles. The van der Waals surface area contributed by atoms with E-state index in [4.69, 9.17) is 9.47 Å². The monoisotopic (exact) mass is 570 g/mol. The van der Waals surface area contributed by atoms with Gasteiger partial charge in [-0.2, -0.15) is 0 Å². The van der Waals surface area contributed by atoms with E-state index in [2.05, 4.69) is 42.5 Å². The molecule has 0 bridgehead atoms. The van der Waals surface area contributed by atoms with Gasteiger partial charge in [0.05, 0.1) is 13.2 Å². The second kappa shape index (κ2) is 15.0. The van der Waals surface area contributed by atoms with E-state index in [1.807, 2.05) is 19.9 Å². The highest BCUT2D eigenvalue weighted by Gasteiger charge is 2.14. The molecule has 8 nitrogen and oxygen atoms in total. The van der Waals surface area contributed by atoms with Crippen LogP contribution in [0.5, 0.6) is 11.5 Å². The summed E-state index contributed by atoms with van der Waals surface area (Å²) >= 11 is 0. The Labute approximate surface area is 215 Å². The molecule has 3 rings (SSSR count). The van der Waals surface area contributed by atoms with Crippen LogP contribution in [-0.4, -0.2) is 54.1 Å². The van der Waals surface area contributed by atoms with Crippen LogP contribution >= 0.6 is 24.0 Å². The van der Waals surface area contributed by atoms with Gasteiger partial charge in [0.25, 0.3) is 0 Å². The quantitative estimate of drug-likeness (QED) is 0.185. The molecule has 2 N–H and O–H groups in total. The molecule has 0 amide bonds. The molecule has 1 aliphatic heterocycles. The summed E-state index contributed by atoms with van der Waals surface area (Å²) in [6.07, 6.45) is 7.61. The van der Waals surface area contributed by atoms with Crippen LogP contribution in [0.2, 0.25) is 0 Å². The lowest BCUT2D eigenvalue weighted by Crippen LogP contribution is -2.38. The van der Waals surface area contributed by atoms with E-state index in [9.17, 15) is 0 Å². The molecule has 9 heteroatoms. The number of guanidine groups is 1. The second-order valence-electron chi connectivity index (χ2n) is 7.92. The molecule has 0 saturated carbocycles. The molecule has 0 fully saturated rings. The number of ether oxygens (including phenoxy) is 2. The molecule has 0 aliphatic carbocycles. The van der Waals surface area contributed by atoms with Crippen LogP contribution in [0.25, 0.3) is 0 Å². The molecule has 2 aromatic rings. The summed E-state index contributed by atoms with van der Waals surface area (Å²) in [7, 11) is 1.80. The first-order valence-corrected chi connectivity index (χ1v) is 12.0. The van der Waals surface area contributed by atoms with Crippen LogP contribution < -0.4 is 20.1 Å². The van der Waals surface area contributed by atoms with Crippen LogP contribution in [0.3, 0.4) is 0 Å². The molecule has 0 unspecified atom stereocenters. The van der Waals surface area contributed by atoms with E-state index >= 15 is 0 Å². The van der Waals surface area contributed by atoms with Crippen molar-refractivity contribution in [2.75, 3.05) is 33.4 Å². The van der Waals surface area contributed by atoms with Gasteiger partial charge < -0.3 is 24.7 Å². The van der Waals surface area contributed by atoms with E-state index in [1.165, 1.54) is 24.8 Å². The summed E-state index contributed by atoms with van der Waals surface area (Å²) < 4.78 is 13.7. The van der Waals surface area contributed by atoms with Crippen LogP contribution in [0, 0.1) is 0 Å². The van der Waals surface area contributed by atoms with Gasteiger partial charge in [-0.3, -0.25) is 4.99 Å². The first kappa shape index (κ1) is 27.2. The average molecular weight is 571 g/mol. The van der Waals surface area contributed by atoms with E-state index in [0.29, 0.717) is 13.2 Å². The number of aliphatic imine (C=N–C) groups is 1. The molecular weight excluding hydrogens is 531 g/mol. The number of nitrogens with zero attached hydrogens (tertiary/aromatic N) is 4. The fourth-order valence-corrected chi connectivity index (χ4v) is 3.98. The molecular formula is C24H39IN6O2. The zero-order chi connectivity index (χ0) is 22.6.